The minimum absolute atomic E-state index is 0.107. The SMILES string of the molecule is COc1ccc(NC(=O)COc2c(NNC(=O)[C@@H]3CC(=O)N(c4ccccc4)C3)cccc2OC)cc1. The second-order valence-corrected chi connectivity index (χ2v) is 8.26. The molecular weight excluding hydrogens is 476 g/mol. The van der Waals surface area contributed by atoms with Gasteiger partial charge in [0.05, 0.1) is 25.8 Å². The van der Waals surface area contributed by atoms with Crippen molar-refractivity contribution >= 4 is 34.8 Å². The first kappa shape index (κ1) is 25.4. The van der Waals surface area contributed by atoms with Crippen LogP contribution in [-0.4, -0.2) is 45.1 Å². The van der Waals surface area contributed by atoms with E-state index in [1.807, 2.05) is 30.3 Å². The van der Waals surface area contributed by atoms with Gasteiger partial charge in [0, 0.05) is 24.3 Å². The average molecular weight is 505 g/mol. The highest BCUT2D eigenvalue weighted by molar-refractivity contribution is 6.00. The number of nitrogens with zero attached hydrogens (tertiary/aromatic N) is 1. The molecule has 1 heterocycles. The Balaban J connectivity index is 1.36. The van der Waals surface area contributed by atoms with Crippen molar-refractivity contribution in [3.05, 3.63) is 72.8 Å². The molecule has 1 atom stereocenters. The zero-order chi connectivity index (χ0) is 26.2. The first-order valence-corrected chi connectivity index (χ1v) is 11.6. The fourth-order valence-corrected chi connectivity index (χ4v) is 3.90. The van der Waals surface area contributed by atoms with E-state index in [1.165, 1.54) is 7.11 Å². The fraction of sp³-hybridized carbons (Fsp3) is 0.222. The van der Waals surface area contributed by atoms with Gasteiger partial charge in [0.15, 0.2) is 18.1 Å². The molecule has 0 aliphatic carbocycles. The van der Waals surface area contributed by atoms with Gasteiger partial charge in [0.2, 0.25) is 11.8 Å². The lowest BCUT2D eigenvalue weighted by Crippen LogP contribution is -2.36. The van der Waals surface area contributed by atoms with Gasteiger partial charge in [-0.05, 0) is 48.5 Å². The number of hydrogen-bond acceptors (Lipinski definition) is 7. The number of carbonyl (C=O) groups excluding carboxylic acids is 3. The Bertz CT molecular complexity index is 1250. The summed E-state index contributed by atoms with van der Waals surface area (Å²) in [6, 6.07) is 21.2. The van der Waals surface area contributed by atoms with Crippen LogP contribution < -0.4 is 35.3 Å². The Morgan fingerprint density at radius 1 is 0.946 bits per heavy atom. The van der Waals surface area contributed by atoms with Crippen molar-refractivity contribution in [1.82, 2.24) is 5.43 Å². The summed E-state index contributed by atoms with van der Waals surface area (Å²) in [4.78, 5) is 39.3. The van der Waals surface area contributed by atoms with Crippen LogP contribution in [0.25, 0.3) is 0 Å². The number of rotatable bonds is 10. The van der Waals surface area contributed by atoms with Crippen molar-refractivity contribution in [2.45, 2.75) is 6.42 Å². The number of hydrogen-bond donors (Lipinski definition) is 3. The summed E-state index contributed by atoms with van der Waals surface area (Å²) in [5, 5.41) is 2.74. The lowest BCUT2D eigenvalue weighted by Gasteiger charge is -2.18. The van der Waals surface area contributed by atoms with E-state index in [0.29, 0.717) is 22.9 Å². The molecule has 1 saturated heterocycles. The van der Waals surface area contributed by atoms with Crippen molar-refractivity contribution in [3.8, 4) is 17.2 Å². The smallest absolute Gasteiger partial charge is 0.262 e. The van der Waals surface area contributed by atoms with Crippen LogP contribution >= 0.6 is 0 Å². The Hall–Kier alpha value is -4.73. The molecular formula is C27H28N4O6. The molecule has 192 valence electrons. The van der Waals surface area contributed by atoms with E-state index < -0.39 is 5.92 Å². The quantitative estimate of drug-likeness (QED) is 0.363. The van der Waals surface area contributed by atoms with Crippen molar-refractivity contribution < 1.29 is 28.6 Å². The summed E-state index contributed by atoms with van der Waals surface area (Å²) in [5.41, 5.74) is 7.24. The highest BCUT2D eigenvalue weighted by Crippen LogP contribution is 2.35. The molecule has 37 heavy (non-hydrogen) atoms. The maximum Gasteiger partial charge on any atom is 0.262 e. The monoisotopic (exact) mass is 504 g/mol. The van der Waals surface area contributed by atoms with E-state index in [9.17, 15) is 14.4 Å². The van der Waals surface area contributed by atoms with Crippen LogP contribution in [0.15, 0.2) is 72.8 Å². The summed E-state index contributed by atoms with van der Waals surface area (Å²) in [5.74, 6) is -0.0402. The lowest BCUT2D eigenvalue weighted by atomic mass is 10.1. The first-order valence-electron chi connectivity index (χ1n) is 11.6. The Kier molecular flexibility index (Phi) is 8.09. The average Bonchev–Trinajstić information content (AvgIpc) is 3.33. The molecule has 0 radical (unpaired) electrons. The molecule has 0 aromatic heterocycles. The van der Waals surface area contributed by atoms with E-state index >= 15 is 0 Å². The van der Waals surface area contributed by atoms with Crippen molar-refractivity contribution in [2.24, 2.45) is 5.92 Å². The molecule has 3 aromatic rings. The molecule has 4 rings (SSSR count). The third-order valence-electron chi connectivity index (χ3n) is 5.80. The molecule has 0 spiro atoms. The van der Waals surface area contributed by atoms with Crippen LogP contribution in [0.5, 0.6) is 17.2 Å². The highest BCUT2D eigenvalue weighted by atomic mass is 16.5. The summed E-state index contributed by atoms with van der Waals surface area (Å²) in [6.07, 6.45) is 0.107. The highest BCUT2D eigenvalue weighted by Gasteiger charge is 2.35. The molecule has 0 unspecified atom stereocenters. The number of hydrazine groups is 1. The number of methoxy groups -OCH3 is 2. The standard InChI is InChI=1S/C27H28N4O6/c1-35-21-13-11-19(12-14-21)28-24(32)17-37-26-22(9-6-10-23(26)36-2)29-30-27(34)18-15-25(33)31(16-18)20-7-4-3-5-8-20/h3-14,18,29H,15-17H2,1-2H3,(H,28,32)(H,30,34)/t18-/m1/s1. The molecule has 10 heteroatoms. The van der Waals surface area contributed by atoms with E-state index in [2.05, 4.69) is 16.2 Å². The summed E-state index contributed by atoms with van der Waals surface area (Å²) >= 11 is 0. The molecule has 3 aromatic carbocycles. The van der Waals surface area contributed by atoms with Gasteiger partial charge in [-0.2, -0.15) is 0 Å². The Morgan fingerprint density at radius 3 is 2.41 bits per heavy atom. The number of nitrogens with one attached hydrogen (secondary N) is 3. The number of anilines is 3. The van der Waals surface area contributed by atoms with Crippen molar-refractivity contribution in [1.29, 1.82) is 0 Å². The van der Waals surface area contributed by atoms with Gasteiger partial charge in [0.25, 0.3) is 5.91 Å². The number of amides is 3. The van der Waals surface area contributed by atoms with Gasteiger partial charge in [-0.15, -0.1) is 0 Å². The minimum atomic E-state index is -0.523. The minimum Gasteiger partial charge on any atom is -0.497 e. The predicted octanol–water partition coefficient (Wildman–Crippen LogP) is 3.22. The van der Waals surface area contributed by atoms with E-state index in [4.69, 9.17) is 14.2 Å². The Morgan fingerprint density at radius 2 is 1.70 bits per heavy atom. The van der Waals surface area contributed by atoms with Gasteiger partial charge < -0.3 is 24.4 Å². The Labute approximate surface area is 214 Å². The summed E-state index contributed by atoms with van der Waals surface area (Å²) in [6.45, 7) is -0.0124. The summed E-state index contributed by atoms with van der Waals surface area (Å²) in [7, 11) is 3.04. The third-order valence-corrected chi connectivity index (χ3v) is 5.80. The normalized spacial score (nSPS) is 14.6. The van der Waals surface area contributed by atoms with Crippen molar-refractivity contribution in [2.75, 3.05) is 43.0 Å². The van der Waals surface area contributed by atoms with E-state index in [1.54, 1.807) is 54.5 Å². The lowest BCUT2D eigenvalue weighted by molar-refractivity contribution is -0.125. The van der Waals surface area contributed by atoms with Gasteiger partial charge in [0.1, 0.15) is 5.75 Å². The maximum atomic E-state index is 12.8. The first-order chi connectivity index (χ1) is 18.0. The van der Waals surface area contributed by atoms with Crippen LogP contribution in [-0.2, 0) is 14.4 Å². The second-order valence-electron chi connectivity index (χ2n) is 8.26. The largest absolute Gasteiger partial charge is 0.497 e. The van der Waals surface area contributed by atoms with Crippen LogP contribution in [0.2, 0.25) is 0 Å². The van der Waals surface area contributed by atoms with Gasteiger partial charge in [-0.25, -0.2) is 0 Å². The molecule has 1 aliphatic heterocycles. The van der Waals surface area contributed by atoms with Gasteiger partial charge in [-0.3, -0.25) is 25.2 Å². The third kappa shape index (κ3) is 6.29. The van der Waals surface area contributed by atoms with E-state index in [-0.39, 0.29) is 43.0 Å². The zero-order valence-corrected chi connectivity index (χ0v) is 20.5. The molecule has 0 bridgehead atoms. The molecule has 3 N–H and O–H groups in total. The molecule has 10 nitrogen and oxygen atoms in total. The maximum absolute atomic E-state index is 12.8. The van der Waals surface area contributed by atoms with Crippen LogP contribution in [0.3, 0.4) is 0 Å². The predicted molar refractivity (Wildman–Crippen MR) is 139 cm³/mol. The second kappa shape index (κ2) is 11.8. The zero-order valence-electron chi connectivity index (χ0n) is 20.5. The van der Waals surface area contributed by atoms with E-state index in [0.717, 1.165) is 5.69 Å². The van der Waals surface area contributed by atoms with Gasteiger partial charge in [-0.1, -0.05) is 24.3 Å². The summed E-state index contributed by atoms with van der Waals surface area (Å²) < 4.78 is 16.2. The molecule has 3 amide bonds. The van der Waals surface area contributed by atoms with Gasteiger partial charge >= 0.3 is 0 Å². The number of carbonyl (C=O) groups is 3. The molecule has 1 fully saturated rings. The van der Waals surface area contributed by atoms with Crippen LogP contribution in [0.1, 0.15) is 6.42 Å². The molecule has 1 aliphatic rings. The van der Waals surface area contributed by atoms with Crippen molar-refractivity contribution in [3.63, 3.8) is 0 Å². The number of para-hydroxylation sites is 2. The number of ether oxygens (including phenoxy) is 3. The fourth-order valence-electron chi connectivity index (χ4n) is 3.90. The van der Waals surface area contributed by atoms with Crippen LogP contribution in [0.4, 0.5) is 17.1 Å². The van der Waals surface area contributed by atoms with Crippen LogP contribution in [0, 0.1) is 5.92 Å². The topological polar surface area (TPSA) is 118 Å². The number of benzene rings is 3. The molecule has 0 saturated carbocycles.